The van der Waals surface area contributed by atoms with E-state index in [9.17, 15) is 10.2 Å². The zero-order valence-corrected chi connectivity index (χ0v) is 10.0. The maximum atomic E-state index is 9.49. The van der Waals surface area contributed by atoms with Crippen LogP contribution < -0.4 is 0 Å². The molecule has 2 aromatic carbocycles. The van der Waals surface area contributed by atoms with Gasteiger partial charge in [0.25, 0.3) is 0 Å². The molecule has 0 fully saturated rings. The predicted octanol–water partition coefficient (Wildman–Crippen LogP) is 3.89. The molecule has 0 bridgehead atoms. The van der Waals surface area contributed by atoms with Crippen molar-refractivity contribution in [3.05, 3.63) is 48.0 Å². The number of benzene rings is 2. The van der Waals surface area contributed by atoms with Crippen molar-refractivity contribution in [3.8, 4) is 22.6 Å². The average Bonchev–Trinajstić information content (AvgIpc) is 2.33. The summed E-state index contributed by atoms with van der Waals surface area (Å²) in [6.45, 7) is 4.29. The standard InChI is InChI=1S/C15H16O2/c1-10(2)11-4-3-5-12(8-11)13-6-7-14(16)15(17)9-13/h3-10,16-17H,1-2H3. The quantitative estimate of drug-likeness (QED) is 0.765. The fraction of sp³-hybridized carbons (Fsp3) is 0.200. The van der Waals surface area contributed by atoms with Crippen LogP contribution in [0.3, 0.4) is 0 Å². The molecule has 0 aliphatic rings. The highest BCUT2D eigenvalue weighted by Crippen LogP contribution is 2.31. The summed E-state index contributed by atoms with van der Waals surface area (Å²) in [6.07, 6.45) is 0. The van der Waals surface area contributed by atoms with Gasteiger partial charge in [-0.15, -0.1) is 0 Å². The van der Waals surface area contributed by atoms with Gasteiger partial charge in [-0.05, 0) is 34.7 Å². The summed E-state index contributed by atoms with van der Waals surface area (Å²) >= 11 is 0. The van der Waals surface area contributed by atoms with Gasteiger partial charge in [0.1, 0.15) is 0 Å². The van der Waals surface area contributed by atoms with Crippen LogP contribution in [0.5, 0.6) is 11.5 Å². The van der Waals surface area contributed by atoms with Crippen LogP contribution in [0.1, 0.15) is 25.3 Å². The molecular weight excluding hydrogens is 212 g/mol. The van der Waals surface area contributed by atoms with Crippen molar-refractivity contribution in [1.82, 2.24) is 0 Å². The molecule has 0 spiro atoms. The highest BCUT2D eigenvalue weighted by molar-refractivity contribution is 5.67. The Balaban J connectivity index is 2.45. The van der Waals surface area contributed by atoms with E-state index in [4.69, 9.17) is 0 Å². The van der Waals surface area contributed by atoms with Gasteiger partial charge in [0, 0.05) is 0 Å². The molecule has 2 aromatic rings. The van der Waals surface area contributed by atoms with E-state index in [-0.39, 0.29) is 11.5 Å². The minimum Gasteiger partial charge on any atom is -0.504 e. The van der Waals surface area contributed by atoms with Gasteiger partial charge in [-0.3, -0.25) is 0 Å². The van der Waals surface area contributed by atoms with Gasteiger partial charge in [0.2, 0.25) is 0 Å². The van der Waals surface area contributed by atoms with Crippen LogP contribution in [0.4, 0.5) is 0 Å². The third-order valence-electron chi connectivity index (χ3n) is 2.86. The molecule has 0 atom stereocenters. The zero-order chi connectivity index (χ0) is 12.4. The van der Waals surface area contributed by atoms with E-state index >= 15 is 0 Å². The number of hydrogen-bond donors (Lipinski definition) is 2. The summed E-state index contributed by atoms with van der Waals surface area (Å²) in [6, 6.07) is 13.1. The molecule has 0 radical (unpaired) electrons. The summed E-state index contributed by atoms with van der Waals surface area (Å²) < 4.78 is 0. The number of phenols is 2. The first-order valence-corrected chi connectivity index (χ1v) is 5.70. The Morgan fingerprint density at radius 1 is 0.824 bits per heavy atom. The fourth-order valence-corrected chi connectivity index (χ4v) is 1.78. The van der Waals surface area contributed by atoms with Crippen molar-refractivity contribution in [3.63, 3.8) is 0 Å². The van der Waals surface area contributed by atoms with Crippen molar-refractivity contribution >= 4 is 0 Å². The second kappa shape index (κ2) is 4.50. The normalized spacial score (nSPS) is 10.8. The molecule has 0 unspecified atom stereocenters. The first kappa shape index (κ1) is 11.5. The Morgan fingerprint density at radius 3 is 2.18 bits per heavy atom. The van der Waals surface area contributed by atoms with E-state index in [0.29, 0.717) is 5.92 Å². The van der Waals surface area contributed by atoms with Crippen LogP contribution in [-0.2, 0) is 0 Å². The fourth-order valence-electron chi connectivity index (χ4n) is 1.78. The molecule has 0 aromatic heterocycles. The van der Waals surface area contributed by atoms with Gasteiger partial charge >= 0.3 is 0 Å². The molecule has 88 valence electrons. The molecule has 0 heterocycles. The number of rotatable bonds is 2. The molecule has 0 saturated carbocycles. The molecule has 0 amide bonds. The van der Waals surface area contributed by atoms with Crippen LogP contribution in [0.15, 0.2) is 42.5 Å². The lowest BCUT2D eigenvalue weighted by atomic mass is 9.97. The minimum absolute atomic E-state index is 0.0857. The van der Waals surface area contributed by atoms with Gasteiger partial charge in [0.15, 0.2) is 11.5 Å². The topological polar surface area (TPSA) is 40.5 Å². The first-order valence-electron chi connectivity index (χ1n) is 5.70. The van der Waals surface area contributed by atoms with E-state index in [1.54, 1.807) is 12.1 Å². The van der Waals surface area contributed by atoms with Gasteiger partial charge in [-0.1, -0.05) is 44.2 Å². The lowest BCUT2D eigenvalue weighted by molar-refractivity contribution is 0.404. The molecule has 17 heavy (non-hydrogen) atoms. The summed E-state index contributed by atoms with van der Waals surface area (Å²) in [4.78, 5) is 0. The van der Waals surface area contributed by atoms with E-state index in [2.05, 4.69) is 26.0 Å². The van der Waals surface area contributed by atoms with Crippen molar-refractivity contribution in [2.24, 2.45) is 0 Å². The van der Waals surface area contributed by atoms with Gasteiger partial charge < -0.3 is 10.2 Å². The highest BCUT2D eigenvalue weighted by Gasteiger charge is 2.05. The summed E-state index contributed by atoms with van der Waals surface area (Å²) in [5.74, 6) is 0.298. The molecule has 2 heteroatoms. The van der Waals surface area contributed by atoms with Crippen molar-refractivity contribution < 1.29 is 10.2 Å². The highest BCUT2D eigenvalue weighted by atomic mass is 16.3. The Labute approximate surface area is 101 Å². The molecule has 0 aliphatic heterocycles. The van der Waals surface area contributed by atoms with E-state index < -0.39 is 0 Å². The monoisotopic (exact) mass is 228 g/mol. The zero-order valence-electron chi connectivity index (χ0n) is 10.0. The molecule has 0 aliphatic carbocycles. The van der Waals surface area contributed by atoms with Crippen LogP contribution in [0.25, 0.3) is 11.1 Å². The van der Waals surface area contributed by atoms with E-state index in [0.717, 1.165) is 11.1 Å². The SMILES string of the molecule is CC(C)c1cccc(-c2ccc(O)c(O)c2)c1. The second-order valence-electron chi connectivity index (χ2n) is 4.48. The predicted molar refractivity (Wildman–Crippen MR) is 69.3 cm³/mol. The third kappa shape index (κ3) is 2.41. The Bertz CT molecular complexity index is 530. The van der Waals surface area contributed by atoms with Gasteiger partial charge in [-0.2, -0.15) is 0 Å². The van der Waals surface area contributed by atoms with E-state index in [1.807, 2.05) is 12.1 Å². The minimum atomic E-state index is -0.0891. The average molecular weight is 228 g/mol. The Hall–Kier alpha value is -1.96. The van der Waals surface area contributed by atoms with E-state index in [1.165, 1.54) is 11.6 Å². The maximum absolute atomic E-state index is 9.49. The number of phenolic OH excluding ortho intramolecular Hbond substituents is 2. The van der Waals surface area contributed by atoms with Gasteiger partial charge in [-0.25, -0.2) is 0 Å². The summed E-state index contributed by atoms with van der Waals surface area (Å²) in [7, 11) is 0. The molecule has 2 rings (SSSR count). The molecule has 2 nitrogen and oxygen atoms in total. The maximum Gasteiger partial charge on any atom is 0.158 e. The number of aromatic hydroxyl groups is 2. The van der Waals surface area contributed by atoms with Crippen LogP contribution in [-0.4, -0.2) is 10.2 Å². The van der Waals surface area contributed by atoms with Crippen LogP contribution in [0, 0.1) is 0 Å². The van der Waals surface area contributed by atoms with Crippen LogP contribution >= 0.6 is 0 Å². The van der Waals surface area contributed by atoms with Crippen molar-refractivity contribution in [2.75, 3.05) is 0 Å². The molecule has 2 N–H and O–H groups in total. The lowest BCUT2D eigenvalue weighted by Crippen LogP contribution is -1.87. The first-order chi connectivity index (χ1) is 8.08. The summed E-state index contributed by atoms with van der Waals surface area (Å²) in [5, 5.41) is 18.8. The lowest BCUT2D eigenvalue weighted by Gasteiger charge is -2.09. The third-order valence-corrected chi connectivity index (χ3v) is 2.86. The largest absolute Gasteiger partial charge is 0.504 e. The van der Waals surface area contributed by atoms with Crippen molar-refractivity contribution in [1.29, 1.82) is 0 Å². The Kier molecular flexibility index (Phi) is 3.05. The molecule has 0 saturated heterocycles. The Morgan fingerprint density at radius 2 is 1.53 bits per heavy atom. The van der Waals surface area contributed by atoms with Crippen LogP contribution in [0.2, 0.25) is 0 Å². The number of hydrogen-bond acceptors (Lipinski definition) is 2. The summed E-state index contributed by atoms with van der Waals surface area (Å²) in [5.41, 5.74) is 3.21. The smallest absolute Gasteiger partial charge is 0.158 e. The van der Waals surface area contributed by atoms with Crippen molar-refractivity contribution in [2.45, 2.75) is 19.8 Å². The second-order valence-corrected chi connectivity index (χ2v) is 4.48. The molecular formula is C15H16O2. The van der Waals surface area contributed by atoms with Gasteiger partial charge in [0.05, 0.1) is 0 Å².